The molecule has 0 N–H and O–H groups in total. The molecule has 0 heterocycles. The second-order valence-corrected chi connectivity index (χ2v) is 4.62. The summed E-state index contributed by atoms with van der Waals surface area (Å²) in [4.78, 5) is 0. The van der Waals surface area contributed by atoms with E-state index in [0.29, 0.717) is 0 Å². The molecule has 0 aromatic rings. The topological polar surface area (TPSA) is 0 Å². The van der Waals surface area contributed by atoms with E-state index in [1.807, 2.05) is 0 Å². The molecule has 0 saturated heterocycles. The minimum atomic E-state index is 1.18. The van der Waals surface area contributed by atoms with E-state index in [2.05, 4.69) is 0 Å². The Hall–Kier alpha value is 0.922. The summed E-state index contributed by atoms with van der Waals surface area (Å²) in [6, 6.07) is 0. The maximum atomic E-state index is 1.55. The first-order chi connectivity index (χ1) is 3.43. The molecule has 0 aromatic carbocycles. The predicted octanol–water partition coefficient (Wildman–Crippen LogP) is 1.76. The summed E-state index contributed by atoms with van der Waals surface area (Å²) in [5, 5.41) is 0. The first-order valence-electron chi connectivity index (χ1n) is 3.13. The summed E-state index contributed by atoms with van der Waals surface area (Å²) in [5.41, 5.74) is 0. The van der Waals surface area contributed by atoms with Crippen LogP contribution in [0.1, 0.15) is 25.7 Å². The van der Waals surface area contributed by atoms with Crippen LogP contribution < -0.4 is 0 Å². The van der Waals surface area contributed by atoms with Crippen LogP contribution in [0.2, 0.25) is 3.98 Å². The Bertz CT molecular complexity index is 48.1. The SMILES string of the molecule is [Tl][CH2]CCC1CC1. The molecule has 7 heavy (non-hydrogen) atoms. The molecule has 0 amide bonds. The fourth-order valence-electron chi connectivity index (χ4n) is 0.813. The van der Waals surface area contributed by atoms with Gasteiger partial charge >= 0.3 is 61.3 Å². The van der Waals surface area contributed by atoms with Crippen LogP contribution in [-0.2, 0) is 0 Å². The van der Waals surface area contributed by atoms with E-state index in [1.165, 1.54) is 38.1 Å². The minimum absolute atomic E-state index is 1.18. The van der Waals surface area contributed by atoms with E-state index in [1.54, 1.807) is 23.2 Å². The molecule has 0 nitrogen and oxygen atoms in total. The molecule has 0 spiro atoms. The first-order valence-corrected chi connectivity index (χ1v) is 6.31. The first kappa shape index (κ1) is 6.05. The third kappa shape index (κ3) is 2.67. The van der Waals surface area contributed by atoms with Crippen molar-refractivity contribution < 1.29 is 0 Å². The van der Waals surface area contributed by atoms with Gasteiger partial charge in [-0.15, -0.1) is 0 Å². The summed E-state index contributed by atoms with van der Waals surface area (Å²) in [6.07, 6.45) is 6.18. The van der Waals surface area contributed by atoms with E-state index in [-0.39, 0.29) is 0 Å². The van der Waals surface area contributed by atoms with Gasteiger partial charge in [-0.25, -0.2) is 0 Å². The van der Waals surface area contributed by atoms with Crippen LogP contribution in [0.15, 0.2) is 0 Å². The van der Waals surface area contributed by atoms with Crippen molar-refractivity contribution >= 4 is 25.8 Å². The van der Waals surface area contributed by atoms with Crippen molar-refractivity contribution in [2.45, 2.75) is 29.7 Å². The summed E-state index contributed by atoms with van der Waals surface area (Å²) < 4.78 is 1.55. The Morgan fingerprint density at radius 1 is 1.43 bits per heavy atom. The Morgan fingerprint density at radius 3 is 2.57 bits per heavy atom. The average molecular weight is 288 g/mol. The summed E-state index contributed by atoms with van der Waals surface area (Å²) in [6.45, 7) is 0. The normalized spacial score (nSPS) is 19.9. The molecule has 0 radical (unpaired) electrons. The Morgan fingerprint density at radius 2 is 2.14 bits per heavy atom. The van der Waals surface area contributed by atoms with Gasteiger partial charge < -0.3 is 0 Å². The van der Waals surface area contributed by atoms with Crippen LogP contribution in [0.5, 0.6) is 0 Å². The van der Waals surface area contributed by atoms with Crippen LogP contribution in [0.3, 0.4) is 0 Å². The molecule has 0 atom stereocenters. The van der Waals surface area contributed by atoms with Crippen molar-refractivity contribution in [2.75, 3.05) is 0 Å². The van der Waals surface area contributed by atoms with Gasteiger partial charge in [0.1, 0.15) is 0 Å². The molecular formula is C6H11Tl. The number of rotatable bonds is 3. The Kier molecular flexibility index (Phi) is 2.64. The monoisotopic (exact) mass is 288 g/mol. The van der Waals surface area contributed by atoms with Crippen LogP contribution in [0, 0.1) is 5.92 Å². The fraction of sp³-hybridized carbons (Fsp3) is 1.00. The second kappa shape index (κ2) is 3.05. The van der Waals surface area contributed by atoms with Gasteiger partial charge in [0.15, 0.2) is 0 Å². The van der Waals surface area contributed by atoms with Gasteiger partial charge in [0.25, 0.3) is 0 Å². The zero-order chi connectivity index (χ0) is 5.11. The standard InChI is InChI=1S/C6H11.Tl/c1-2-3-6-4-5-6;/h6H,1-5H2;. The molecule has 1 rings (SSSR count). The van der Waals surface area contributed by atoms with Crippen molar-refractivity contribution in [1.82, 2.24) is 0 Å². The number of hydrogen-bond acceptors (Lipinski definition) is 0. The zero-order valence-electron chi connectivity index (χ0n) is 4.69. The van der Waals surface area contributed by atoms with Gasteiger partial charge in [-0.05, 0) is 0 Å². The second-order valence-electron chi connectivity index (χ2n) is 2.37. The molecule has 0 unspecified atom stereocenters. The molecule has 0 aromatic heterocycles. The summed E-state index contributed by atoms with van der Waals surface area (Å²) in [5.74, 6) is 1.18. The van der Waals surface area contributed by atoms with Gasteiger partial charge in [0.05, 0.1) is 0 Å². The van der Waals surface area contributed by atoms with E-state index < -0.39 is 0 Å². The van der Waals surface area contributed by atoms with Gasteiger partial charge in [-0.2, -0.15) is 0 Å². The molecule has 1 aliphatic carbocycles. The van der Waals surface area contributed by atoms with Crippen molar-refractivity contribution in [3.05, 3.63) is 0 Å². The molecular weight excluding hydrogens is 276 g/mol. The Labute approximate surface area is 61.4 Å². The molecule has 38 valence electrons. The average Bonchev–Trinajstić information content (AvgIpc) is 2.42. The van der Waals surface area contributed by atoms with Gasteiger partial charge in [-0.3, -0.25) is 0 Å². The molecule has 0 aliphatic heterocycles. The quantitative estimate of drug-likeness (QED) is 0.694. The van der Waals surface area contributed by atoms with Crippen molar-refractivity contribution in [2.24, 2.45) is 5.92 Å². The molecule has 1 saturated carbocycles. The third-order valence-electron chi connectivity index (χ3n) is 1.51. The van der Waals surface area contributed by atoms with Crippen molar-refractivity contribution in [3.8, 4) is 0 Å². The Balaban J connectivity index is 1.80. The van der Waals surface area contributed by atoms with E-state index >= 15 is 0 Å². The van der Waals surface area contributed by atoms with E-state index in [9.17, 15) is 0 Å². The third-order valence-corrected chi connectivity index (χ3v) is 3.10. The summed E-state index contributed by atoms with van der Waals surface area (Å²) in [7, 11) is 0. The van der Waals surface area contributed by atoms with E-state index in [0.717, 1.165) is 0 Å². The van der Waals surface area contributed by atoms with Gasteiger partial charge in [0, 0.05) is 0 Å². The molecule has 1 fully saturated rings. The van der Waals surface area contributed by atoms with Crippen LogP contribution in [0.4, 0.5) is 0 Å². The van der Waals surface area contributed by atoms with Crippen molar-refractivity contribution in [1.29, 1.82) is 0 Å². The predicted molar refractivity (Wildman–Crippen MR) is 32.5 cm³/mol. The maximum absolute atomic E-state index is 1.55. The molecule has 1 aliphatic rings. The van der Waals surface area contributed by atoms with Crippen molar-refractivity contribution in [3.63, 3.8) is 0 Å². The molecule has 0 bridgehead atoms. The van der Waals surface area contributed by atoms with Crippen LogP contribution in [0.25, 0.3) is 0 Å². The molecule has 1 heteroatoms. The van der Waals surface area contributed by atoms with Gasteiger partial charge in [-0.1, -0.05) is 0 Å². The zero-order valence-corrected chi connectivity index (χ0v) is 9.18. The fourth-order valence-corrected chi connectivity index (χ4v) is 1.73. The van der Waals surface area contributed by atoms with Crippen LogP contribution in [-0.4, -0.2) is 25.8 Å². The van der Waals surface area contributed by atoms with Crippen LogP contribution >= 0.6 is 0 Å². The number of hydrogen-bond donors (Lipinski definition) is 0. The van der Waals surface area contributed by atoms with E-state index in [4.69, 9.17) is 0 Å². The summed E-state index contributed by atoms with van der Waals surface area (Å²) >= 11 is 1.25. The van der Waals surface area contributed by atoms with Gasteiger partial charge in [0.2, 0.25) is 0 Å².